The Balaban J connectivity index is 1.97. The molecular weight excluding hydrogens is 262 g/mol. The van der Waals surface area contributed by atoms with Crippen molar-refractivity contribution in [3.8, 4) is 0 Å². The van der Waals surface area contributed by atoms with Gasteiger partial charge in [0.15, 0.2) is 0 Å². The first-order chi connectivity index (χ1) is 9.25. The zero-order valence-corrected chi connectivity index (χ0v) is 10.6. The summed E-state index contributed by atoms with van der Waals surface area (Å²) in [5.41, 5.74) is 1.71. The van der Waals surface area contributed by atoms with E-state index >= 15 is 0 Å². The van der Waals surface area contributed by atoms with Crippen LogP contribution in [0.1, 0.15) is 10.4 Å². The molecule has 0 atom stereocenters. The number of para-hydroxylation sites is 1. The number of benzene rings is 1. The lowest BCUT2D eigenvalue weighted by Crippen LogP contribution is -2.13. The average Bonchev–Trinajstić information content (AvgIpc) is 2.89. The third-order valence-electron chi connectivity index (χ3n) is 2.79. The van der Waals surface area contributed by atoms with Crippen LogP contribution in [0.3, 0.4) is 0 Å². The van der Waals surface area contributed by atoms with E-state index in [0.29, 0.717) is 21.9 Å². The van der Waals surface area contributed by atoms with E-state index in [1.165, 1.54) is 0 Å². The maximum absolute atomic E-state index is 12.3. The summed E-state index contributed by atoms with van der Waals surface area (Å²) < 4.78 is 1.79. The van der Waals surface area contributed by atoms with Crippen LogP contribution in [0.4, 0.5) is 5.69 Å². The van der Waals surface area contributed by atoms with Gasteiger partial charge in [0.05, 0.1) is 16.3 Å². The number of carbonyl (C=O) groups is 1. The molecule has 4 nitrogen and oxygen atoms in total. The summed E-state index contributed by atoms with van der Waals surface area (Å²) in [7, 11) is 0. The van der Waals surface area contributed by atoms with Crippen LogP contribution >= 0.6 is 11.6 Å². The largest absolute Gasteiger partial charge is 0.321 e. The van der Waals surface area contributed by atoms with Crippen LogP contribution < -0.4 is 5.32 Å². The Bertz CT molecular complexity index is 751. The Hall–Kier alpha value is -2.33. The van der Waals surface area contributed by atoms with Crippen molar-refractivity contribution in [1.82, 2.24) is 9.38 Å². The van der Waals surface area contributed by atoms with Gasteiger partial charge in [-0.3, -0.25) is 4.79 Å². The van der Waals surface area contributed by atoms with Crippen LogP contribution in [-0.4, -0.2) is 15.3 Å². The number of rotatable bonds is 2. The third kappa shape index (κ3) is 2.18. The number of imidazole rings is 1. The summed E-state index contributed by atoms with van der Waals surface area (Å²) in [6.07, 6.45) is 5.29. The number of pyridine rings is 1. The van der Waals surface area contributed by atoms with Gasteiger partial charge in [0.25, 0.3) is 5.91 Å². The molecule has 0 fully saturated rings. The molecule has 0 saturated heterocycles. The highest BCUT2D eigenvalue weighted by Crippen LogP contribution is 2.21. The van der Waals surface area contributed by atoms with Gasteiger partial charge in [-0.1, -0.05) is 23.7 Å². The van der Waals surface area contributed by atoms with Crippen LogP contribution in [0.2, 0.25) is 5.02 Å². The lowest BCUT2D eigenvalue weighted by molar-refractivity contribution is 0.102. The van der Waals surface area contributed by atoms with Crippen molar-refractivity contribution in [2.45, 2.75) is 0 Å². The SMILES string of the molecule is O=C(Nc1ccccc1Cl)c1cccn2ccnc12. The number of nitrogens with one attached hydrogen (secondary N) is 1. The van der Waals surface area contributed by atoms with E-state index < -0.39 is 0 Å². The second kappa shape index (κ2) is 4.74. The minimum Gasteiger partial charge on any atom is -0.321 e. The molecule has 1 N–H and O–H groups in total. The van der Waals surface area contributed by atoms with Crippen LogP contribution in [0, 0.1) is 0 Å². The van der Waals surface area contributed by atoms with Crippen molar-refractivity contribution in [3.63, 3.8) is 0 Å². The van der Waals surface area contributed by atoms with Crippen molar-refractivity contribution >= 4 is 28.8 Å². The Kier molecular flexibility index (Phi) is 2.93. The number of aromatic nitrogens is 2. The molecule has 3 aromatic rings. The molecule has 0 spiro atoms. The second-order valence-corrected chi connectivity index (χ2v) is 4.42. The quantitative estimate of drug-likeness (QED) is 0.778. The predicted octanol–water partition coefficient (Wildman–Crippen LogP) is 3.24. The normalized spacial score (nSPS) is 10.6. The number of nitrogens with zero attached hydrogens (tertiary/aromatic N) is 2. The van der Waals surface area contributed by atoms with Gasteiger partial charge in [-0.25, -0.2) is 4.98 Å². The van der Waals surface area contributed by atoms with Crippen LogP contribution in [-0.2, 0) is 0 Å². The molecule has 0 bridgehead atoms. The van der Waals surface area contributed by atoms with Gasteiger partial charge in [0, 0.05) is 18.6 Å². The summed E-state index contributed by atoms with van der Waals surface area (Å²) in [4.78, 5) is 16.4. The molecule has 0 aliphatic heterocycles. The minimum absolute atomic E-state index is 0.232. The minimum atomic E-state index is -0.232. The summed E-state index contributed by atoms with van der Waals surface area (Å²) in [6.45, 7) is 0. The van der Waals surface area contributed by atoms with E-state index in [-0.39, 0.29) is 5.91 Å². The third-order valence-corrected chi connectivity index (χ3v) is 3.12. The molecule has 2 aromatic heterocycles. The summed E-state index contributed by atoms with van der Waals surface area (Å²) in [6, 6.07) is 10.6. The highest BCUT2D eigenvalue weighted by Gasteiger charge is 2.12. The molecule has 1 aromatic carbocycles. The van der Waals surface area contributed by atoms with E-state index in [1.54, 1.807) is 41.1 Å². The fraction of sp³-hybridized carbons (Fsp3) is 0. The van der Waals surface area contributed by atoms with Crippen molar-refractivity contribution in [1.29, 1.82) is 0 Å². The molecule has 0 aliphatic carbocycles. The number of hydrogen-bond donors (Lipinski definition) is 1. The predicted molar refractivity (Wildman–Crippen MR) is 74.6 cm³/mol. The lowest BCUT2D eigenvalue weighted by Gasteiger charge is -2.07. The smallest absolute Gasteiger partial charge is 0.259 e. The van der Waals surface area contributed by atoms with Gasteiger partial charge in [-0.05, 0) is 24.3 Å². The van der Waals surface area contributed by atoms with Crippen LogP contribution in [0.5, 0.6) is 0 Å². The molecule has 0 unspecified atom stereocenters. The highest BCUT2D eigenvalue weighted by atomic mass is 35.5. The van der Waals surface area contributed by atoms with E-state index in [4.69, 9.17) is 11.6 Å². The summed E-state index contributed by atoms with van der Waals surface area (Å²) in [5, 5.41) is 3.29. The second-order valence-electron chi connectivity index (χ2n) is 4.01. The number of hydrogen-bond acceptors (Lipinski definition) is 2. The zero-order chi connectivity index (χ0) is 13.2. The summed E-state index contributed by atoms with van der Waals surface area (Å²) in [5.74, 6) is -0.232. The Labute approximate surface area is 114 Å². The summed E-state index contributed by atoms with van der Waals surface area (Å²) >= 11 is 6.02. The average molecular weight is 272 g/mol. The topological polar surface area (TPSA) is 46.4 Å². The van der Waals surface area contributed by atoms with Crippen molar-refractivity contribution in [3.05, 3.63) is 65.6 Å². The van der Waals surface area contributed by atoms with Crippen LogP contribution in [0.25, 0.3) is 5.65 Å². The molecular formula is C14H10ClN3O. The first-order valence-corrected chi connectivity index (χ1v) is 6.11. The number of anilines is 1. The Morgan fingerprint density at radius 3 is 2.84 bits per heavy atom. The highest BCUT2D eigenvalue weighted by molar-refractivity contribution is 6.34. The molecule has 0 saturated carbocycles. The van der Waals surface area contributed by atoms with E-state index in [9.17, 15) is 4.79 Å². The van der Waals surface area contributed by atoms with Crippen molar-refractivity contribution < 1.29 is 4.79 Å². The van der Waals surface area contributed by atoms with Gasteiger partial charge >= 0.3 is 0 Å². The monoisotopic (exact) mass is 271 g/mol. The standard InChI is InChI=1S/C14H10ClN3O/c15-11-5-1-2-6-12(11)17-14(19)10-4-3-8-18-9-7-16-13(10)18/h1-9H,(H,17,19). The lowest BCUT2D eigenvalue weighted by atomic mass is 10.2. The first-order valence-electron chi connectivity index (χ1n) is 5.73. The van der Waals surface area contributed by atoms with Gasteiger partial charge in [-0.2, -0.15) is 0 Å². The number of halogens is 1. The van der Waals surface area contributed by atoms with E-state index in [0.717, 1.165) is 0 Å². The molecule has 1 amide bonds. The molecule has 94 valence electrons. The molecule has 5 heteroatoms. The van der Waals surface area contributed by atoms with Gasteiger partial charge in [-0.15, -0.1) is 0 Å². The zero-order valence-electron chi connectivity index (χ0n) is 9.88. The molecule has 0 radical (unpaired) electrons. The number of fused-ring (bicyclic) bond motifs is 1. The van der Waals surface area contributed by atoms with Gasteiger partial charge < -0.3 is 9.72 Å². The van der Waals surface area contributed by atoms with Crippen molar-refractivity contribution in [2.75, 3.05) is 5.32 Å². The van der Waals surface area contributed by atoms with Crippen molar-refractivity contribution in [2.24, 2.45) is 0 Å². The Morgan fingerprint density at radius 1 is 1.16 bits per heavy atom. The van der Waals surface area contributed by atoms with Crippen LogP contribution in [0.15, 0.2) is 55.0 Å². The Morgan fingerprint density at radius 2 is 2.00 bits per heavy atom. The van der Waals surface area contributed by atoms with Gasteiger partial charge in [0.2, 0.25) is 0 Å². The molecule has 0 aliphatic rings. The number of amides is 1. The fourth-order valence-electron chi connectivity index (χ4n) is 1.88. The maximum atomic E-state index is 12.3. The molecule has 3 rings (SSSR count). The molecule has 2 heterocycles. The molecule has 19 heavy (non-hydrogen) atoms. The number of carbonyl (C=O) groups excluding carboxylic acids is 1. The van der Waals surface area contributed by atoms with E-state index in [2.05, 4.69) is 10.3 Å². The fourth-order valence-corrected chi connectivity index (χ4v) is 2.06. The first kappa shape index (κ1) is 11.7. The van der Waals surface area contributed by atoms with E-state index in [1.807, 2.05) is 18.3 Å². The van der Waals surface area contributed by atoms with Gasteiger partial charge in [0.1, 0.15) is 5.65 Å². The maximum Gasteiger partial charge on any atom is 0.259 e.